The number of aliphatic carboxylic acids is 1. The number of nitrogen functional groups attached to an aromatic ring is 2. The summed E-state index contributed by atoms with van der Waals surface area (Å²) in [5.74, 6) is 0.365. The van der Waals surface area contributed by atoms with Crippen LogP contribution in [-0.2, 0) is 43.3 Å². The summed E-state index contributed by atoms with van der Waals surface area (Å²) in [6, 6.07) is 4.22. The zero-order valence-corrected chi connectivity index (χ0v) is 29.1. The minimum absolute atomic E-state index is 0. The normalized spacial score (nSPS) is 19.4. The zero-order chi connectivity index (χ0) is 31.7. The number of thiophene rings is 2. The Kier molecular flexibility index (Phi) is 11.0. The highest BCUT2D eigenvalue weighted by atomic mass is 35.5. The Bertz CT molecular complexity index is 1700. The highest BCUT2D eigenvalue weighted by Gasteiger charge is 2.32. The third-order valence-electron chi connectivity index (χ3n) is 9.56. The maximum absolute atomic E-state index is 13.0. The van der Waals surface area contributed by atoms with Crippen molar-refractivity contribution in [3.05, 3.63) is 65.3 Å². The van der Waals surface area contributed by atoms with Crippen molar-refractivity contribution in [3.63, 3.8) is 0 Å². The van der Waals surface area contributed by atoms with Gasteiger partial charge in [-0.3, -0.25) is 14.7 Å². The number of rotatable bonds is 2. The number of fused-ring (bicyclic) bond motifs is 4. The van der Waals surface area contributed by atoms with Crippen LogP contribution < -0.4 is 11.5 Å². The quantitative estimate of drug-likeness (QED) is 0.172. The van der Waals surface area contributed by atoms with Crippen molar-refractivity contribution in [2.24, 2.45) is 0 Å². The Labute approximate surface area is 284 Å². The first-order valence-electron chi connectivity index (χ1n) is 16.3. The molecule has 9 nitrogen and oxygen atoms in total. The summed E-state index contributed by atoms with van der Waals surface area (Å²) < 4.78 is 1.50. The number of carboxylic acid groups (broad SMARTS) is 1. The molecule has 0 aliphatic heterocycles. The van der Waals surface area contributed by atoms with E-state index >= 15 is 0 Å². The number of aromatic nitrogens is 4. The molecule has 6 N–H and O–H groups in total. The van der Waals surface area contributed by atoms with Gasteiger partial charge in [-0.15, -0.1) is 35.1 Å². The number of carbonyl (C=O) groups excluding carboxylic acids is 1. The van der Waals surface area contributed by atoms with E-state index in [-0.39, 0.29) is 30.2 Å². The van der Waals surface area contributed by atoms with Crippen molar-refractivity contribution < 1.29 is 14.7 Å². The number of aryl methyl sites for hydroxylation is 6. The van der Waals surface area contributed by atoms with Gasteiger partial charge in [0.1, 0.15) is 11.6 Å². The van der Waals surface area contributed by atoms with Gasteiger partial charge in [-0.05, 0) is 127 Å². The molecule has 8 rings (SSSR count). The number of hydrogen-bond acceptors (Lipinski definition) is 8. The maximum Gasteiger partial charge on any atom is 0.311 e. The number of hydrogen-bond donors (Lipinski definition) is 4. The molecule has 46 heavy (non-hydrogen) atoms. The molecule has 0 aromatic carbocycles. The number of carbonyl (C=O) groups is 2. The summed E-state index contributed by atoms with van der Waals surface area (Å²) in [4.78, 5) is 29.2. The number of carboxylic acids is 1. The smallest absolute Gasteiger partial charge is 0.311 e. The third-order valence-corrected chi connectivity index (χ3v) is 11.8. The van der Waals surface area contributed by atoms with Crippen molar-refractivity contribution in [2.75, 3.05) is 11.5 Å². The summed E-state index contributed by atoms with van der Waals surface area (Å²) >= 11 is 3.57. The summed E-state index contributed by atoms with van der Waals surface area (Å²) in [5, 5.41) is 20.5. The van der Waals surface area contributed by atoms with E-state index in [0.717, 1.165) is 93.9 Å². The lowest BCUT2D eigenvalue weighted by Crippen LogP contribution is -2.25. The van der Waals surface area contributed by atoms with Gasteiger partial charge in [0.05, 0.1) is 17.5 Å². The fourth-order valence-corrected chi connectivity index (χ4v) is 9.58. The van der Waals surface area contributed by atoms with Crippen LogP contribution in [0.4, 0.5) is 11.6 Å². The van der Waals surface area contributed by atoms with E-state index in [4.69, 9.17) is 16.6 Å². The minimum atomic E-state index is -0.668. The monoisotopic (exact) mass is 684 g/mol. The largest absolute Gasteiger partial charge is 0.481 e. The molecule has 248 valence electrons. The fourth-order valence-electron chi connectivity index (χ4n) is 7.30. The Morgan fingerprint density at radius 3 is 2.00 bits per heavy atom. The molecular weight excluding hydrogens is 640 g/mol. The summed E-state index contributed by atoms with van der Waals surface area (Å²) in [7, 11) is 0. The Balaban J connectivity index is 0.000000148. The molecule has 0 bridgehead atoms. The van der Waals surface area contributed by atoms with Crippen LogP contribution in [0.2, 0.25) is 0 Å². The van der Waals surface area contributed by atoms with Gasteiger partial charge in [-0.1, -0.05) is 0 Å². The Morgan fingerprint density at radius 2 is 1.39 bits per heavy atom. The van der Waals surface area contributed by atoms with Gasteiger partial charge < -0.3 is 16.6 Å². The first-order chi connectivity index (χ1) is 21.7. The second-order valence-electron chi connectivity index (χ2n) is 12.7. The van der Waals surface area contributed by atoms with Crippen molar-refractivity contribution >= 4 is 58.6 Å². The van der Waals surface area contributed by atoms with Crippen LogP contribution in [0.25, 0.3) is 0 Å². The zero-order valence-electron chi connectivity index (χ0n) is 26.7. The summed E-state index contributed by atoms with van der Waals surface area (Å²) in [6.45, 7) is 4.16. The number of nitrogens with two attached hydrogens (primary N) is 2. The molecule has 0 saturated carbocycles. The Hall–Kier alpha value is -3.15. The molecule has 4 aromatic heterocycles. The molecule has 0 saturated heterocycles. The highest BCUT2D eigenvalue weighted by Crippen LogP contribution is 2.39. The van der Waals surface area contributed by atoms with E-state index in [1.165, 1.54) is 53.9 Å². The van der Waals surface area contributed by atoms with Crippen LogP contribution in [0.1, 0.15) is 121 Å². The molecule has 4 aromatic rings. The molecule has 0 amide bonds. The SMILES string of the molecule is Cc1cc2c(s1)CCCC2C(=O)O.Cc1cc2c(s1)CCCC2C(=O)n1nc2c(c1N)CCCC2.Cl.Nc1n[nH]c2c1CCCC2. The van der Waals surface area contributed by atoms with Gasteiger partial charge in [0.15, 0.2) is 0 Å². The van der Waals surface area contributed by atoms with E-state index in [2.05, 4.69) is 28.3 Å². The van der Waals surface area contributed by atoms with E-state index in [9.17, 15) is 9.59 Å². The number of nitrogens with zero attached hydrogens (tertiary/aromatic N) is 3. The lowest BCUT2D eigenvalue weighted by Gasteiger charge is -2.21. The molecule has 0 fully saturated rings. The second-order valence-corrected chi connectivity index (χ2v) is 15.4. The lowest BCUT2D eigenvalue weighted by atomic mass is 9.87. The molecule has 0 radical (unpaired) electrons. The van der Waals surface area contributed by atoms with Crippen molar-refractivity contribution in [2.45, 2.75) is 116 Å². The van der Waals surface area contributed by atoms with Crippen LogP contribution in [0.15, 0.2) is 12.1 Å². The molecule has 4 aliphatic carbocycles. The Morgan fingerprint density at radius 1 is 0.826 bits per heavy atom. The van der Waals surface area contributed by atoms with Crippen molar-refractivity contribution in [1.29, 1.82) is 0 Å². The third kappa shape index (κ3) is 7.06. The van der Waals surface area contributed by atoms with Crippen LogP contribution in [0.5, 0.6) is 0 Å². The maximum atomic E-state index is 13.0. The standard InChI is InChI=1S/C17H21N3OS.C10H12O2S.C7H11N3.ClH/c1-10-9-13-11(6-4-8-15(13)22-10)17(21)20-16(18)12-5-2-3-7-14(12)19-20;1-6-5-8-7(10(11)12)3-2-4-9(8)13-6;8-7-5-3-1-2-4-6(5)9-10-7;/h9,11H,2-8,18H2,1H3;5,7H,2-4H2,1H3,(H,11,12);1-4H2,(H3,8,9,10);1H. The number of aromatic amines is 1. The molecule has 4 heterocycles. The lowest BCUT2D eigenvalue weighted by molar-refractivity contribution is -0.139. The van der Waals surface area contributed by atoms with Gasteiger partial charge in [0.2, 0.25) is 0 Å². The molecule has 4 aliphatic rings. The number of anilines is 2. The van der Waals surface area contributed by atoms with Crippen molar-refractivity contribution in [1.82, 2.24) is 20.0 Å². The molecule has 2 unspecified atom stereocenters. The molecule has 12 heteroatoms. The number of halogens is 1. The fraction of sp³-hybridized carbons (Fsp3) is 0.529. The average molecular weight is 685 g/mol. The highest BCUT2D eigenvalue weighted by molar-refractivity contribution is 7.12. The van der Waals surface area contributed by atoms with E-state index in [0.29, 0.717) is 11.6 Å². The van der Waals surface area contributed by atoms with Gasteiger partial charge in [-0.2, -0.15) is 14.9 Å². The van der Waals surface area contributed by atoms with Crippen LogP contribution in [0.3, 0.4) is 0 Å². The number of H-pyrrole nitrogens is 1. The van der Waals surface area contributed by atoms with Gasteiger partial charge in [-0.25, -0.2) is 0 Å². The van der Waals surface area contributed by atoms with Gasteiger partial charge in [0, 0.05) is 36.3 Å². The molecule has 0 spiro atoms. The topological polar surface area (TPSA) is 153 Å². The summed E-state index contributed by atoms with van der Waals surface area (Å²) in [6.07, 6.45) is 14.9. The average Bonchev–Trinajstić information content (AvgIpc) is 3.80. The first kappa shape index (κ1) is 34.2. The van der Waals surface area contributed by atoms with E-state index in [1.807, 2.05) is 24.3 Å². The number of nitrogens with one attached hydrogen (secondary N) is 1. The van der Waals surface area contributed by atoms with Crippen molar-refractivity contribution in [3.8, 4) is 0 Å². The summed E-state index contributed by atoms with van der Waals surface area (Å²) in [5.41, 5.74) is 18.8. The van der Waals surface area contributed by atoms with E-state index < -0.39 is 5.97 Å². The predicted molar refractivity (Wildman–Crippen MR) is 188 cm³/mol. The predicted octanol–water partition coefficient (Wildman–Crippen LogP) is 7.33. The molecular formula is C34H45ClN6O3S2. The van der Waals surface area contributed by atoms with Crippen LogP contribution in [-0.4, -0.2) is 37.0 Å². The van der Waals surface area contributed by atoms with Crippen LogP contribution >= 0.6 is 35.1 Å². The second kappa shape index (κ2) is 14.7. The molecule has 2 atom stereocenters. The first-order valence-corrected chi connectivity index (χ1v) is 18.0. The minimum Gasteiger partial charge on any atom is -0.481 e. The van der Waals surface area contributed by atoms with Gasteiger partial charge >= 0.3 is 5.97 Å². The van der Waals surface area contributed by atoms with Gasteiger partial charge in [0.25, 0.3) is 5.91 Å². The van der Waals surface area contributed by atoms with Crippen LogP contribution in [0, 0.1) is 13.8 Å². The van der Waals surface area contributed by atoms with E-state index in [1.54, 1.807) is 11.3 Å².